The highest BCUT2D eigenvalue weighted by molar-refractivity contribution is 5.70. The van der Waals surface area contributed by atoms with E-state index in [0.717, 1.165) is 128 Å². The zero-order valence-corrected chi connectivity index (χ0v) is 50.9. The first-order valence-electron chi connectivity index (χ1n) is 31.3. The number of likely N-dealkylation sites (N-methyl/N-ethyl adjacent to an activating group) is 1. The molecular weight excluding hydrogens is 983 g/mol. The molecule has 0 aliphatic heterocycles. The Bertz CT molecular complexity index is 1750. The van der Waals surface area contributed by atoms with Gasteiger partial charge in [0.15, 0.2) is 12.4 Å². The number of hydrogen-bond acceptors (Lipinski definition) is 8. The number of carbonyl (C=O) groups excluding carboxylic acids is 3. The molecule has 0 N–H and O–H groups in total. The van der Waals surface area contributed by atoms with Gasteiger partial charge in [0.25, 0.3) is 0 Å². The predicted octanol–water partition coefficient (Wildman–Crippen LogP) is 17.7. The Hall–Kier alpha value is -4.57. The van der Waals surface area contributed by atoms with Crippen molar-refractivity contribution in [2.75, 3.05) is 47.5 Å². The fourth-order valence-electron chi connectivity index (χ4n) is 8.15. The lowest BCUT2D eigenvalue weighted by Gasteiger charge is -2.26. The number of nitrogens with zero attached hydrogens (tertiary/aromatic N) is 1. The molecule has 0 aliphatic rings. The van der Waals surface area contributed by atoms with Crippen LogP contribution in [-0.4, -0.2) is 82.3 Å². The second-order valence-corrected chi connectivity index (χ2v) is 21.6. The van der Waals surface area contributed by atoms with Crippen LogP contribution in [0.4, 0.5) is 0 Å². The lowest BCUT2D eigenvalue weighted by Crippen LogP contribution is -2.44. The van der Waals surface area contributed by atoms with E-state index >= 15 is 0 Å². The largest absolute Gasteiger partial charge is 0.545 e. The van der Waals surface area contributed by atoms with Gasteiger partial charge < -0.3 is 33.3 Å². The fourth-order valence-corrected chi connectivity index (χ4v) is 8.15. The van der Waals surface area contributed by atoms with Crippen molar-refractivity contribution in [3.63, 3.8) is 0 Å². The number of carboxylic acid groups (broad SMARTS) is 1. The smallest absolute Gasteiger partial charge is 0.306 e. The van der Waals surface area contributed by atoms with Crippen molar-refractivity contribution in [2.45, 2.75) is 245 Å². The van der Waals surface area contributed by atoms with E-state index in [1.54, 1.807) is 0 Å². The Labute approximate surface area is 484 Å². The van der Waals surface area contributed by atoms with Crippen molar-refractivity contribution in [3.8, 4) is 0 Å². The lowest BCUT2D eigenvalue weighted by atomic mass is 10.0. The number of aliphatic carboxylic acids is 1. The SMILES string of the molecule is CC/C=C\C/C=C\C/C=C\C/C=C\C/C=C\C/C=C\C/C=C\CCCCCCCCCCCCCC(=O)OC(COC(=O)CCCCCCCCCC/C=C\C/C=C\C/C=C\C/C=C\CC)COC(OCC[N+](C)(C)C)C(=O)[O-]. The average Bonchev–Trinajstić information content (AvgIpc) is 3.42. The first-order valence-corrected chi connectivity index (χ1v) is 31.3. The minimum absolute atomic E-state index is 0.139. The number of quaternary nitrogens is 1. The van der Waals surface area contributed by atoms with Crippen molar-refractivity contribution in [3.05, 3.63) is 134 Å². The van der Waals surface area contributed by atoms with Gasteiger partial charge in [-0.1, -0.05) is 244 Å². The van der Waals surface area contributed by atoms with Gasteiger partial charge in [-0.2, -0.15) is 0 Å². The third-order valence-electron chi connectivity index (χ3n) is 12.9. The Kier molecular flexibility index (Phi) is 56.1. The maximum absolute atomic E-state index is 12.9. The Morgan fingerprint density at radius 2 is 0.684 bits per heavy atom. The van der Waals surface area contributed by atoms with E-state index < -0.39 is 24.3 Å². The molecule has 0 aliphatic carbocycles. The molecule has 0 spiro atoms. The zero-order valence-electron chi connectivity index (χ0n) is 50.9. The van der Waals surface area contributed by atoms with Gasteiger partial charge in [0, 0.05) is 12.8 Å². The van der Waals surface area contributed by atoms with Gasteiger partial charge in [0.2, 0.25) is 0 Å². The third-order valence-corrected chi connectivity index (χ3v) is 12.9. The topological polar surface area (TPSA) is 111 Å². The molecule has 0 amide bonds. The van der Waals surface area contributed by atoms with Crippen LogP contribution in [0.15, 0.2) is 134 Å². The minimum Gasteiger partial charge on any atom is -0.545 e. The summed E-state index contributed by atoms with van der Waals surface area (Å²) in [6.07, 6.45) is 82.2. The Morgan fingerprint density at radius 1 is 0.380 bits per heavy atom. The van der Waals surface area contributed by atoms with Gasteiger partial charge in [-0.3, -0.25) is 9.59 Å². The predicted molar refractivity (Wildman–Crippen MR) is 333 cm³/mol. The second kappa shape index (κ2) is 59.5. The molecular formula is C70H115NO8. The molecule has 9 heteroatoms. The van der Waals surface area contributed by atoms with Crippen LogP contribution in [0.2, 0.25) is 0 Å². The van der Waals surface area contributed by atoms with Crippen molar-refractivity contribution in [1.29, 1.82) is 0 Å². The number of esters is 2. The molecule has 79 heavy (non-hydrogen) atoms. The molecule has 0 saturated carbocycles. The Morgan fingerprint density at radius 3 is 1.01 bits per heavy atom. The fraction of sp³-hybridized carbons (Fsp3) is 0.643. The number of allylic oxidation sites excluding steroid dienone is 22. The summed E-state index contributed by atoms with van der Waals surface area (Å²) in [6.45, 7) is 4.50. The molecule has 2 unspecified atom stereocenters. The summed E-state index contributed by atoms with van der Waals surface area (Å²) in [5, 5.41) is 11.8. The van der Waals surface area contributed by atoms with E-state index in [4.69, 9.17) is 18.9 Å². The van der Waals surface area contributed by atoms with Crippen LogP contribution in [0.3, 0.4) is 0 Å². The summed E-state index contributed by atoms with van der Waals surface area (Å²) < 4.78 is 22.7. The number of carbonyl (C=O) groups is 3. The number of rotatable bonds is 56. The van der Waals surface area contributed by atoms with Crippen LogP contribution in [-0.2, 0) is 33.3 Å². The summed E-state index contributed by atoms with van der Waals surface area (Å²) in [6, 6.07) is 0. The first-order chi connectivity index (χ1) is 38.6. The molecule has 0 fully saturated rings. The summed E-state index contributed by atoms with van der Waals surface area (Å²) in [4.78, 5) is 37.4. The van der Waals surface area contributed by atoms with Crippen LogP contribution in [0.1, 0.15) is 232 Å². The van der Waals surface area contributed by atoms with Gasteiger partial charge in [-0.05, 0) is 109 Å². The van der Waals surface area contributed by atoms with Gasteiger partial charge in [0.05, 0.1) is 40.3 Å². The molecule has 0 rings (SSSR count). The van der Waals surface area contributed by atoms with E-state index in [0.29, 0.717) is 17.4 Å². The van der Waals surface area contributed by atoms with E-state index in [-0.39, 0.29) is 38.6 Å². The van der Waals surface area contributed by atoms with Crippen molar-refractivity contribution >= 4 is 17.9 Å². The molecule has 448 valence electrons. The zero-order chi connectivity index (χ0) is 57.6. The number of hydrogen-bond donors (Lipinski definition) is 0. The normalized spacial score (nSPS) is 13.7. The van der Waals surface area contributed by atoms with Crippen LogP contribution in [0.5, 0.6) is 0 Å². The molecule has 0 saturated heterocycles. The van der Waals surface area contributed by atoms with Crippen molar-refractivity contribution in [1.82, 2.24) is 0 Å². The number of unbranched alkanes of at least 4 members (excludes halogenated alkanes) is 19. The van der Waals surface area contributed by atoms with E-state index in [2.05, 4.69) is 148 Å². The van der Waals surface area contributed by atoms with Crippen LogP contribution < -0.4 is 5.11 Å². The highest BCUT2D eigenvalue weighted by Gasteiger charge is 2.22. The van der Waals surface area contributed by atoms with Crippen molar-refractivity contribution in [2.24, 2.45) is 0 Å². The summed E-state index contributed by atoms with van der Waals surface area (Å²) in [7, 11) is 5.91. The molecule has 0 aromatic carbocycles. The first kappa shape index (κ1) is 74.4. The number of carboxylic acids is 1. The summed E-state index contributed by atoms with van der Waals surface area (Å²) >= 11 is 0. The Balaban J connectivity index is 4.22. The van der Waals surface area contributed by atoms with Gasteiger partial charge in [-0.25, -0.2) is 0 Å². The average molecular weight is 1100 g/mol. The standard InChI is InChI=1S/C70H115NO8/c1-6-8-10-12-14-16-18-20-22-24-26-28-29-30-31-32-33-34-35-36-37-38-39-41-43-45-47-49-51-53-55-57-59-61-68(73)79-66(65-78-70(69(74)75)76-63-62-71(3,4)5)64-77-67(72)60-58-56-54-52-50-48-46-44-42-40-27-25-23-21-19-17-15-13-11-9-7-2/h8-11,14-17,20-23,26-28,30-31,33-34,36-37,40,66,70H,6-7,12-13,18-19,24-25,29,32,35,38-39,41-65H2,1-5H3/b10-8-,11-9-,16-14-,17-15-,22-20-,23-21-,28-26-,31-30-,34-33-,37-36-,40-27-. The van der Waals surface area contributed by atoms with E-state index in [1.165, 1.54) is 70.6 Å². The second-order valence-electron chi connectivity index (χ2n) is 21.6. The maximum atomic E-state index is 12.9. The van der Waals surface area contributed by atoms with Gasteiger partial charge in [-0.15, -0.1) is 0 Å². The quantitative estimate of drug-likeness (QED) is 0.0195. The van der Waals surface area contributed by atoms with Crippen LogP contribution in [0, 0.1) is 0 Å². The molecule has 0 heterocycles. The van der Waals surface area contributed by atoms with Crippen molar-refractivity contribution < 1.29 is 42.9 Å². The third kappa shape index (κ3) is 60.9. The molecule has 0 aromatic rings. The molecule has 0 bridgehead atoms. The maximum Gasteiger partial charge on any atom is 0.306 e. The summed E-state index contributed by atoms with van der Waals surface area (Å²) in [5.74, 6) is -2.31. The molecule has 2 atom stereocenters. The minimum atomic E-state index is -1.63. The van der Waals surface area contributed by atoms with Crippen LogP contribution in [0.25, 0.3) is 0 Å². The van der Waals surface area contributed by atoms with Crippen LogP contribution >= 0.6 is 0 Å². The molecule has 0 aromatic heterocycles. The lowest BCUT2D eigenvalue weighted by molar-refractivity contribution is -0.870. The highest BCUT2D eigenvalue weighted by Crippen LogP contribution is 2.15. The number of ether oxygens (including phenoxy) is 4. The van der Waals surface area contributed by atoms with E-state index in [9.17, 15) is 19.5 Å². The highest BCUT2D eigenvalue weighted by atomic mass is 16.7. The van der Waals surface area contributed by atoms with Gasteiger partial charge in [0.1, 0.15) is 13.2 Å². The monoisotopic (exact) mass is 1100 g/mol. The van der Waals surface area contributed by atoms with E-state index in [1.807, 2.05) is 21.1 Å². The van der Waals surface area contributed by atoms with Gasteiger partial charge >= 0.3 is 11.9 Å². The molecule has 9 nitrogen and oxygen atoms in total. The summed E-state index contributed by atoms with van der Waals surface area (Å²) in [5.41, 5.74) is 0. The molecule has 0 radical (unpaired) electrons.